The van der Waals surface area contributed by atoms with Crippen molar-refractivity contribution in [1.82, 2.24) is 5.32 Å². The van der Waals surface area contributed by atoms with Crippen molar-refractivity contribution in [3.05, 3.63) is 29.8 Å². The fourth-order valence-corrected chi connectivity index (χ4v) is 1.48. The summed E-state index contributed by atoms with van der Waals surface area (Å²) in [5.41, 5.74) is 0.911. The number of nitrogens with one attached hydrogen (secondary N) is 2. The van der Waals surface area contributed by atoms with Crippen LogP contribution in [0.15, 0.2) is 24.3 Å². The van der Waals surface area contributed by atoms with Crippen molar-refractivity contribution in [3.63, 3.8) is 0 Å². The summed E-state index contributed by atoms with van der Waals surface area (Å²) in [6, 6.07) is 4.88. The van der Waals surface area contributed by atoms with Gasteiger partial charge in [0.2, 0.25) is 0 Å². The number of carbonyl (C=O) groups excluding carboxylic acids is 2. The van der Waals surface area contributed by atoms with Crippen LogP contribution in [0.1, 0.15) is 30.6 Å². The first-order valence-corrected chi connectivity index (χ1v) is 5.85. The highest BCUT2D eigenvalue weighted by Crippen LogP contribution is 2.11. The van der Waals surface area contributed by atoms with Crippen LogP contribution >= 0.6 is 0 Å². The molecule has 0 heterocycles. The van der Waals surface area contributed by atoms with Crippen LogP contribution in [0.2, 0.25) is 0 Å². The second-order valence-electron chi connectivity index (χ2n) is 4.03. The molecule has 1 aromatic rings. The molecular weight excluding hydrogens is 248 g/mol. The van der Waals surface area contributed by atoms with Crippen LogP contribution in [0.3, 0.4) is 0 Å². The average molecular weight is 264 g/mol. The maximum absolute atomic E-state index is 11.6. The first-order valence-electron chi connectivity index (χ1n) is 5.85. The van der Waals surface area contributed by atoms with E-state index in [-0.39, 0.29) is 12.2 Å². The Kier molecular flexibility index (Phi) is 5.05. The van der Waals surface area contributed by atoms with Gasteiger partial charge in [0.1, 0.15) is 6.04 Å². The van der Waals surface area contributed by atoms with E-state index in [1.165, 1.54) is 13.0 Å². The van der Waals surface area contributed by atoms with Gasteiger partial charge < -0.3 is 15.7 Å². The number of urea groups is 1. The van der Waals surface area contributed by atoms with Crippen LogP contribution in [0.25, 0.3) is 0 Å². The van der Waals surface area contributed by atoms with Crippen LogP contribution in [0.4, 0.5) is 10.5 Å². The molecular formula is C13H16N2O4. The summed E-state index contributed by atoms with van der Waals surface area (Å²) >= 11 is 0. The molecule has 6 nitrogen and oxygen atoms in total. The minimum absolute atomic E-state index is 0.110. The molecule has 1 atom stereocenters. The molecule has 0 spiro atoms. The van der Waals surface area contributed by atoms with E-state index in [4.69, 9.17) is 5.11 Å². The SMILES string of the molecule is CC[C@H](NC(=O)Nc1cccc(C(C)=O)c1)C(=O)O. The molecule has 1 aromatic carbocycles. The summed E-state index contributed by atoms with van der Waals surface area (Å²) in [6.07, 6.45) is 0.288. The number of Topliss-reactive ketones (excluding diaryl/α,β-unsaturated/α-hetero) is 1. The van der Waals surface area contributed by atoms with E-state index in [0.717, 1.165) is 0 Å². The molecule has 0 aliphatic heterocycles. The summed E-state index contributed by atoms with van der Waals surface area (Å²) in [4.78, 5) is 33.6. The minimum atomic E-state index is -1.09. The maximum atomic E-state index is 11.6. The normalized spacial score (nSPS) is 11.5. The topological polar surface area (TPSA) is 95.5 Å². The van der Waals surface area contributed by atoms with Gasteiger partial charge in [-0.05, 0) is 25.5 Å². The Bertz CT molecular complexity index is 499. The van der Waals surface area contributed by atoms with Gasteiger partial charge in [-0.15, -0.1) is 0 Å². The van der Waals surface area contributed by atoms with Crippen LogP contribution in [-0.4, -0.2) is 28.9 Å². The Labute approximate surface area is 110 Å². The number of ketones is 1. The average Bonchev–Trinajstić information content (AvgIpc) is 2.35. The molecule has 0 aromatic heterocycles. The highest BCUT2D eigenvalue weighted by atomic mass is 16.4. The molecule has 0 bridgehead atoms. The third kappa shape index (κ3) is 4.42. The van der Waals surface area contributed by atoms with E-state index < -0.39 is 18.0 Å². The van der Waals surface area contributed by atoms with Crippen molar-refractivity contribution in [2.45, 2.75) is 26.3 Å². The Morgan fingerprint density at radius 2 is 2.00 bits per heavy atom. The third-order valence-corrected chi connectivity index (χ3v) is 2.54. The first-order chi connectivity index (χ1) is 8.93. The van der Waals surface area contributed by atoms with Crippen molar-refractivity contribution in [2.75, 3.05) is 5.32 Å². The summed E-state index contributed by atoms with van der Waals surface area (Å²) in [7, 11) is 0. The van der Waals surface area contributed by atoms with Gasteiger partial charge in [0, 0.05) is 11.3 Å². The largest absolute Gasteiger partial charge is 0.480 e. The van der Waals surface area contributed by atoms with E-state index in [2.05, 4.69) is 10.6 Å². The lowest BCUT2D eigenvalue weighted by atomic mass is 10.1. The van der Waals surface area contributed by atoms with Crippen molar-refractivity contribution in [1.29, 1.82) is 0 Å². The van der Waals surface area contributed by atoms with Crippen molar-refractivity contribution in [3.8, 4) is 0 Å². The second kappa shape index (κ2) is 6.53. The predicted molar refractivity (Wildman–Crippen MR) is 70.3 cm³/mol. The van der Waals surface area contributed by atoms with Crippen LogP contribution < -0.4 is 10.6 Å². The molecule has 0 aliphatic carbocycles. The number of aliphatic carboxylic acids is 1. The van der Waals surface area contributed by atoms with E-state index in [0.29, 0.717) is 11.3 Å². The van der Waals surface area contributed by atoms with Crippen molar-refractivity contribution < 1.29 is 19.5 Å². The molecule has 0 saturated heterocycles. The first kappa shape index (κ1) is 14.7. The lowest BCUT2D eigenvalue weighted by Crippen LogP contribution is -2.42. The Morgan fingerprint density at radius 1 is 1.32 bits per heavy atom. The molecule has 0 fully saturated rings. The summed E-state index contributed by atoms with van der Waals surface area (Å²) in [5.74, 6) is -1.20. The fraction of sp³-hybridized carbons (Fsp3) is 0.308. The van der Waals surface area contributed by atoms with E-state index in [9.17, 15) is 14.4 Å². The van der Waals surface area contributed by atoms with Gasteiger partial charge in [-0.2, -0.15) is 0 Å². The Morgan fingerprint density at radius 3 is 2.53 bits per heavy atom. The van der Waals surface area contributed by atoms with E-state index in [1.807, 2.05) is 0 Å². The number of hydrogen-bond donors (Lipinski definition) is 3. The lowest BCUT2D eigenvalue weighted by Gasteiger charge is -2.13. The summed E-state index contributed by atoms with van der Waals surface area (Å²) in [5, 5.41) is 13.6. The van der Waals surface area contributed by atoms with Gasteiger partial charge in [-0.1, -0.05) is 19.1 Å². The number of carboxylic acid groups (broad SMARTS) is 1. The Hall–Kier alpha value is -2.37. The third-order valence-electron chi connectivity index (χ3n) is 2.54. The zero-order valence-electron chi connectivity index (χ0n) is 10.8. The zero-order valence-corrected chi connectivity index (χ0v) is 10.8. The smallest absolute Gasteiger partial charge is 0.326 e. The van der Waals surface area contributed by atoms with Crippen LogP contribution in [0.5, 0.6) is 0 Å². The molecule has 3 N–H and O–H groups in total. The lowest BCUT2D eigenvalue weighted by molar-refractivity contribution is -0.139. The van der Waals surface area contributed by atoms with Crippen molar-refractivity contribution >= 4 is 23.5 Å². The fourth-order valence-electron chi connectivity index (χ4n) is 1.48. The van der Waals surface area contributed by atoms with E-state index in [1.54, 1.807) is 25.1 Å². The van der Waals surface area contributed by atoms with Gasteiger partial charge in [-0.25, -0.2) is 9.59 Å². The molecule has 102 valence electrons. The number of hydrogen-bond acceptors (Lipinski definition) is 3. The zero-order chi connectivity index (χ0) is 14.4. The Balaban J connectivity index is 2.69. The molecule has 6 heteroatoms. The number of rotatable bonds is 5. The quantitative estimate of drug-likeness (QED) is 0.707. The second-order valence-corrected chi connectivity index (χ2v) is 4.03. The maximum Gasteiger partial charge on any atom is 0.326 e. The molecule has 0 saturated carbocycles. The highest BCUT2D eigenvalue weighted by molar-refractivity contribution is 5.97. The molecule has 0 radical (unpaired) electrons. The highest BCUT2D eigenvalue weighted by Gasteiger charge is 2.17. The number of anilines is 1. The van der Waals surface area contributed by atoms with Gasteiger partial charge in [0.25, 0.3) is 0 Å². The van der Waals surface area contributed by atoms with Gasteiger partial charge in [-0.3, -0.25) is 4.79 Å². The monoisotopic (exact) mass is 264 g/mol. The molecule has 2 amide bonds. The van der Waals surface area contributed by atoms with Gasteiger partial charge in [0.05, 0.1) is 0 Å². The number of carboxylic acids is 1. The number of carbonyl (C=O) groups is 3. The standard InChI is InChI=1S/C13H16N2O4/c1-3-11(12(17)18)15-13(19)14-10-6-4-5-9(7-10)8(2)16/h4-7,11H,3H2,1-2H3,(H,17,18)(H2,14,15,19)/t11-/m0/s1. The molecule has 19 heavy (non-hydrogen) atoms. The number of benzene rings is 1. The van der Waals surface area contributed by atoms with Gasteiger partial charge in [0.15, 0.2) is 5.78 Å². The van der Waals surface area contributed by atoms with Gasteiger partial charge >= 0.3 is 12.0 Å². The van der Waals surface area contributed by atoms with Crippen LogP contribution in [-0.2, 0) is 4.79 Å². The predicted octanol–water partition coefficient (Wildman–Crippen LogP) is 1.87. The van der Waals surface area contributed by atoms with Crippen molar-refractivity contribution in [2.24, 2.45) is 0 Å². The number of amides is 2. The van der Waals surface area contributed by atoms with Crippen LogP contribution in [0, 0.1) is 0 Å². The summed E-state index contributed by atoms with van der Waals surface area (Å²) in [6.45, 7) is 3.09. The molecule has 1 rings (SSSR count). The molecule has 0 unspecified atom stereocenters. The minimum Gasteiger partial charge on any atom is -0.480 e. The summed E-state index contributed by atoms with van der Waals surface area (Å²) < 4.78 is 0. The van der Waals surface area contributed by atoms with E-state index >= 15 is 0 Å². The molecule has 0 aliphatic rings.